The molecule has 1 N–H and O–H groups in total. The van der Waals surface area contributed by atoms with Crippen LogP contribution in [-0.2, 0) is 9.47 Å². The maximum atomic E-state index is 12.0. The Morgan fingerprint density at radius 1 is 1.30 bits per heavy atom. The highest BCUT2D eigenvalue weighted by molar-refractivity contribution is 14.1. The summed E-state index contributed by atoms with van der Waals surface area (Å²) in [4.78, 5) is 23.0. The molecule has 1 aliphatic rings. The summed E-state index contributed by atoms with van der Waals surface area (Å²) in [6.45, 7) is 10.8. The van der Waals surface area contributed by atoms with E-state index in [2.05, 4.69) is 5.32 Å². The molecule has 0 aromatic carbocycles. The summed E-state index contributed by atoms with van der Waals surface area (Å²) in [5.74, 6) is 0.465. The second-order valence-corrected chi connectivity index (χ2v) is 8.95. The van der Waals surface area contributed by atoms with Crippen LogP contribution in [-0.4, -0.2) is 31.8 Å². The van der Waals surface area contributed by atoms with Gasteiger partial charge in [-0.2, -0.15) is 0 Å². The number of nitro groups is 1. The number of ether oxygens (including phenoxy) is 2. The lowest BCUT2D eigenvalue weighted by Crippen LogP contribution is -2.53. The van der Waals surface area contributed by atoms with E-state index in [1.165, 1.54) is 12.2 Å². The molecule has 0 aromatic heterocycles. The van der Waals surface area contributed by atoms with Crippen molar-refractivity contribution >= 4 is 28.7 Å². The number of alkyl halides is 1. The van der Waals surface area contributed by atoms with Gasteiger partial charge in [0.1, 0.15) is 23.0 Å². The Labute approximate surface area is 149 Å². The van der Waals surface area contributed by atoms with Crippen LogP contribution in [0.3, 0.4) is 0 Å². The summed E-state index contributed by atoms with van der Waals surface area (Å²) in [6, 6.07) is -0.893. The lowest BCUT2D eigenvalue weighted by atomic mass is 10.0. The van der Waals surface area contributed by atoms with E-state index >= 15 is 0 Å². The Morgan fingerprint density at radius 2 is 1.87 bits per heavy atom. The van der Waals surface area contributed by atoms with E-state index < -0.39 is 31.8 Å². The molecule has 1 rings (SSSR count). The highest BCUT2D eigenvalue weighted by atomic mass is 127. The van der Waals surface area contributed by atoms with E-state index in [0.29, 0.717) is 5.76 Å². The summed E-state index contributed by atoms with van der Waals surface area (Å²) in [5.41, 5.74) is -1.14. The number of allylic oxidation sites excluding steroid dienone is 1. The molecule has 1 aliphatic carbocycles. The van der Waals surface area contributed by atoms with E-state index in [1.807, 2.05) is 20.8 Å². The number of hydrogen-bond donors (Lipinski definition) is 1. The number of nitrogens with one attached hydrogen (secondary N) is 1. The maximum Gasteiger partial charge on any atom is 0.408 e. The first-order valence-electron chi connectivity index (χ1n) is 7.16. The van der Waals surface area contributed by atoms with Gasteiger partial charge in [-0.05, 0) is 53.7 Å². The zero-order valence-electron chi connectivity index (χ0n) is 14.2. The molecule has 0 aromatic rings. The van der Waals surface area contributed by atoms with Crippen molar-refractivity contribution in [1.82, 2.24) is 5.32 Å². The van der Waals surface area contributed by atoms with Crippen molar-refractivity contribution in [2.75, 3.05) is 0 Å². The van der Waals surface area contributed by atoms with Crippen LogP contribution in [0.25, 0.3) is 0 Å². The van der Waals surface area contributed by atoms with Crippen LogP contribution >= 0.6 is 22.6 Å². The van der Waals surface area contributed by atoms with Gasteiger partial charge in [-0.15, -0.1) is 0 Å². The molecule has 0 bridgehead atoms. The van der Waals surface area contributed by atoms with Crippen LogP contribution in [0.5, 0.6) is 0 Å². The molecule has 0 aliphatic heterocycles. The molecule has 0 radical (unpaired) electrons. The maximum absolute atomic E-state index is 12.0. The average molecular weight is 438 g/mol. The molecule has 0 spiro atoms. The number of hydrogen-bond acceptors (Lipinski definition) is 5. The quantitative estimate of drug-likeness (QED) is 0.239. The summed E-state index contributed by atoms with van der Waals surface area (Å²) in [5, 5.41) is 14.0. The van der Waals surface area contributed by atoms with E-state index in [9.17, 15) is 14.9 Å². The second-order valence-electron chi connectivity index (χ2n) is 7.23. The highest BCUT2D eigenvalue weighted by Gasteiger charge is 2.48. The SMILES string of the molecule is CC(C)(C)OC(=O)NC1C=C(OC(C)(C)C)C=CC1(I)[N+](=O)[O-]. The van der Waals surface area contributed by atoms with Crippen molar-refractivity contribution in [2.24, 2.45) is 0 Å². The standard InChI is InChI=1S/C15H23IN2O5/c1-13(2,3)22-10-7-8-15(16,18(20)21)11(9-10)17-12(19)23-14(4,5)6/h7-9,11H,1-6H3,(H,17,19). The van der Waals surface area contributed by atoms with Crippen molar-refractivity contribution in [2.45, 2.75) is 62.3 Å². The third kappa shape index (κ3) is 6.00. The Morgan fingerprint density at radius 3 is 2.30 bits per heavy atom. The molecule has 8 heteroatoms. The van der Waals surface area contributed by atoms with Gasteiger partial charge in [0.2, 0.25) is 0 Å². The lowest BCUT2D eigenvalue weighted by molar-refractivity contribution is -0.519. The molecule has 130 valence electrons. The minimum absolute atomic E-state index is 0.448. The predicted molar refractivity (Wildman–Crippen MR) is 95.0 cm³/mol. The van der Waals surface area contributed by atoms with Crippen LogP contribution in [0.2, 0.25) is 0 Å². The number of alkyl carbamates (subject to hydrolysis) is 1. The topological polar surface area (TPSA) is 90.7 Å². The monoisotopic (exact) mass is 438 g/mol. The van der Waals surface area contributed by atoms with Gasteiger partial charge in [0, 0.05) is 33.6 Å². The average Bonchev–Trinajstić information content (AvgIpc) is 2.29. The molecular formula is C15H23IN2O5. The first kappa shape index (κ1) is 19.7. The van der Waals surface area contributed by atoms with Gasteiger partial charge in [0.25, 0.3) is 0 Å². The summed E-state index contributed by atoms with van der Waals surface area (Å²) >= 11 is 1.70. The van der Waals surface area contributed by atoms with Gasteiger partial charge in [-0.1, -0.05) is 0 Å². The van der Waals surface area contributed by atoms with Crippen molar-refractivity contribution in [3.05, 3.63) is 34.1 Å². The van der Waals surface area contributed by atoms with Crippen LogP contribution in [0, 0.1) is 10.1 Å². The van der Waals surface area contributed by atoms with Gasteiger partial charge in [-0.25, -0.2) is 4.79 Å². The minimum atomic E-state index is -1.50. The summed E-state index contributed by atoms with van der Waals surface area (Å²) in [6.07, 6.45) is 3.78. The Balaban J connectivity index is 3.02. The molecule has 23 heavy (non-hydrogen) atoms. The molecule has 0 fully saturated rings. The Hall–Kier alpha value is -1.32. The molecule has 0 saturated heterocycles. The largest absolute Gasteiger partial charge is 0.488 e. The summed E-state index contributed by atoms with van der Waals surface area (Å²) < 4.78 is 9.40. The van der Waals surface area contributed by atoms with Gasteiger partial charge in [-0.3, -0.25) is 10.1 Å². The summed E-state index contributed by atoms with van der Waals surface area (Å²) in [7, 11) is 0. The van der Waals surface area contributed by atoms with Gasteiger partial charge < -0.3 is 14.8 Å². The van der Waals surface area contributed by atoms with Gasteiger partial charge in [0.05, 0.1) is 0 Å². The molecule has 2 unspecified atom stereocenters. The predicted octanol–water partition coefficient (Wildman–Crippen LogP) is 3.56. The lowest BCUT2D eigenvalue weighted by Gasteiger charge is -2.31. The number of carbonyl (C=O) groups is 1. The molecule has 7 nitrogen and oxygen atoms in total. The smallest absolute Gasteiger partial charge is 0.408 e. The number of nitrogens with zero attached hydrogens (tertiary/aromatic N) is 1. The van der Waals surface area contributed by atoms with E-state index in [0.717, 1.165) is 0 Å². The molecule has 2 atom stereocenters. The van der Waals surface area contributed by atoms with E-state index in [4.69, 9.17) is 9.47 Å². The van der Waals surface area contributed by atoms with Crippen LogP contribution in [0.15, 0.2) is 24.0 Å². The minimum Gasteiger partial charge on any atom is -0.488 e. The molecule has 0 saturated carbocycles. The number of amides is 1. The fraction of sp³-hybridized carbons (Fsp3) is 0.667. The second kappa shape index (κ2) is 6.66. The van der Waals surface area contributed by atoms with E-state index in [-0.39, 0.29) is 0 Å². The fourth-order valence-electron chi connectivity index (χ4n) is 1.81. The first-order valence-corrected chi connectivity index (χ1v) is 8.24. The molecule has 0 heterocycles. The number of carbonyl (C=O) groups excluding carboxylic acids is 1. The number of halogens is 1. The van der Waals surface area contributed by atoms with Crippen molar-refractivity contribution in [3.8, 4) is 0 Å². The third-order valence-electron chi connectivity index (χ3n) is 2.62. The molecular weight excluding hydrogens is 415 g/mol. The third-order valence-corrected chi connectivity index (χ3v) is 4.05. The Bertz CT molecular complexity index is 545. The number of rotatable bonds is 3. The van der Waals surface area contributed by atoms with Crippen LogP contribution < -0.4 is 5.32 Å². The van der Waals surface area contributed by atoms with Crippen LogP contribution in [0.4, 0.5) is 4.79 Å². The van der Waals surface area contributed by atoms with E-state index in [1.54, 1.807) is 49.4 Å². The van der Waals surface area contributed by atoms with Gasteiger partial charge in [0.15, 0.2) is 0 Å². The molecule has 1 amide bonds. The fourth-order valence-corrected chi connectivity index (χ4v) is 2.33. The normalized spacial score (nSPS) is 24.7. The zero-order chi connectivity index (χ0) is 18.1. The van der Waals surface area contributed by atoms with Crippen molar-refractivity contribution < 1.29 is 19.2 Å². The van der Waals surface area contributed by atoms with Gasteiger partial charge >= 0.3 is 9.64 Å². The van der Waals surface area contributed by atoms with Crippen molar-refractivity contribution in [3.63, 3.8) is 0 Å². The first-order chi connectivity index (χ1) is 10.2. The van der Waals surface area contributed by atoms with Crippen molar-refractivity contribution in [1.29, 1.82) is 0 Å². The van der Waals surface area contributed by atoms with Crippen LogP contribution in [0.1, 0.15) is 41.5 Å². The Kier molecular flexibility index (Phi) is 5.71. The highest BCUT2D eigenvalue weighted by Crippen LogP contribution is 2.33. The zero-order valence-corrected chi connectivity index (χ0v) is 16.3.